The summed E-state index contributed by atoms with van der Waals surface area (Å²) in [6.07, 6.45) is 0.414. The molecule has 0 saturated heterocycles. The van der Waals surface area contributed by atoms with Gasteiger partial charge < -0.3 is 4.74 Å². The highest BCUT2D eigenvalue weighted by Crippen LogP contribution is 2.24. The minimum atomic E-state index is -0.354. The SMILES string of the molecule is FCCCOc1ccc(Br)cc1CCl. The molecule has 4 heteroatoms. The van der Waals surface area contributed by atoms with Crippen LogP contribution in [0.15, 0.2) is 22.7 Å². The lowest BCUT2D eigenvalue weighted by Gasteiger charge is -2.09. The van der Waals surface area contributed by atoms with Crippen molar-refractivity contribution in [1.82, 2.24) is 0 Å². The third-order valence-electron chi connectivity index (χ3n) is 1.70. The van der Waals surface area contributed by atoms with Gasteiger partial charge in [-0.05, 0) is 18.2 Å². The normalized spacial score (nSPS) is 10.2. The molecule has 0 aromatic heterocycles. The van der Waals surface area contributed by atoms with E-state index in [0.29, 0.717) is 18.9 Å². The van der Waals surface area contributed by atoms with Crippen molar-refractivity contribution in [2.24, 2.45) is 0 Å². The highest BCUT2D eigenvalue weighted by atomic mass is 79.9. The maximum atomic E-state index is 11.8. The Hall–Kier alpha value is -0.280. The summed E-state index contributed by atoms with van der Waals surface area (Å²) >= 11 is 9.09. The van der Waals surface area contributed by atoms with Gasteiger partial charge >= 0.3 is 0 Å². The smallest absolute Gasteiger partial charge is 0.123 e. The van der Waals surface area contributed by atoms with Crippen molar-refractivity contribution in [2.75, 3.05) is 13.3 Å². The van der Waals surface area contributed by atoms with Crippen LogP contribution in [-0.2, 0) is 5.88 Å². The van der Waals surface area contributed by atoms with Crippen molar-refractivity contribution >= 4 is 27.5 Å². The number of hydrogen-bond acceptors (Lipinski definition) is 1. The summed E-state index contributed by atoms with van der Waals surface area (Å²) in [4.78, 5) is 0. The Morgan fingerprint density at radius 1 is 1.43 bits per heavy atom. The van der Waals surface area contributed by atoms with E-state index >= 15 is 0 Å². The average Bonchev–Trinajstić information content (AvgIpc) is 2.20. The van der Waals surface area contributed by atoms with Crippen molar-refractivity contribution in [2.45, 2.75) is 12.3 Å². The molecule has 78 valence electrons. The van der Waals surface area contributed by atoms with Crippen molar-refractivity contribution in [3.63, 3.8) is 0 Å². The molecule has 0 aliphatic heterocycles. The molecule has 0 aliphatic carbocycles. The van der Waals surface area contributed by atoms with E-state index in [4.69, 9.17) is 16.3 Å². The Labute approximate surface area is 96.3 Å². The monoisotopic (exact) mass is 280 g/mol. The zero-order chi connectivity index (χ0) is 10.4. The van der Waals surface area contributed by atoms with Crippen molar-refractivity contribution in [3.8, 4) is 5.75 Å². The van der Waals surface area contributed by atoms with E-state index in [1.54, 1.807) is 0 Å². The number of halogens is 3. The number of hydrogen-bond donors (Lipinski definition) is 0. The van der Waals surface area contributed by atoms with Gasteiger partial charge in [-0.15, -0.1) is 11.6 Å². The molecule has 1 aromatic carbocycles. The van der Waals surface area contributed by atoms with Crippen molar-refractivity contribution < 1.29 is 9.13 Å². The average molecular weight is 282 g/mol. The van der Waals surface area contributed by atoms with Gasteiger partial charge in [0, 0.05) is 16.5 Å². The van der Waals surface area contributed by atoms with Gasteiger partial charge in [0.1, 0.15) is 5.75 Å². The lowest BCUT2D eigenvalue weighted by Crippen LogP contribution is -2.00. The quantitative estimate of drug-likeness (QED) is 0.587. The lowest BCUT2D eigenvalue weighted by atomic mass is 10.2. The van der Waals surface area contributed by atoms with Crippen LogP contribution in [0.3, 0.4) is 0 Å². The van der Waals surface area contributed by atoms with Gasteiger partial charge in [0.2, 0.25) is 0 Å². The first-order valence-electron chi connectivity index (χ1n) is 4.31. The summed E-state index contributed by atoms with van der Waals surface area (Å²) in [6, 6.07) is 5.61. The summed E-state index contributed by atoms with van der Waals surface area (Å²) < 4.78 is 18.2. The summed E-state index contributed by atoms with van der Waals surface area (Å²) in [5.41, 5.74) is 0.917. The second-order valence-electron chi connectivity index (χ2n) is 2.78. The molecule has 1 nitrogen and oxygen atoms in total. The van der Waals surface area contributed by atoms with Crippen LogP contribution in [0.25, 0.3) is 0 Å². The Bertz CT molecular complexity index is 293. The van der Waals surface area contributed by atoms with E-state index in [0.717, 1.165) is 15.8 Å². The first-order chi connectivity index (χ1) is 6.77. The number of alkyl halides is 2. The Balaban J connectivity index is 2.65. The molecule has 0 heterocycles. The molecule has 0 aliphatic rings. The van der Waals surface area contributed by atoms with Gasteiger partial charge in [-0.2, -0.15) is 0 Å². The van der Waals surface area contributed by atoms with E-state index in [9.17, 15) is 4.39 Å². The van der Waals surface area contributed by atoms with Gasteiger partial charge in [-0.25, -0.2) is 0 Å². The third-order valence-corrected chi connectivity index (χ3v) is 2.48. The Morgan fingerprint density at radius 2 is 2.21 bits per heavy atom. The molecule has 0 unspecified atom stereocenters. The zero-order valence-corrected chi connectivity index (χ0v) is 9.94. The highest BCUT2D eigenvalue weighted by Gasteiger charge is 2.03. The fraction of sp³-hybridized carbons (Fsp3) is 0.400. The Morgan fingerprint density at radius 3 is 2.86 bits per heavy atom. The molecular weight excluding hydrogens is 270 g/mol. The van der Waals surface area contributed by atoms with Crippen LogP contribution in [-0.4, -0.2) is 13.3 Å². The largest absolute Gasteiger partial charge is 0.493 e. The van der Waals surface area contributed by atoms with Gasteiger partial charge in [-0.3, -0.25) is 4.39 Å². The standard InChI is InChI=1S/C10H11BrClFO/c11-9-2-3-10(8(6-9)7-12)14-5-1-4-13/h2-3,6H,1,4-5,7H2. The number of rotatable bonds is 5. The van der Waals surface area contributed by atoms with E-state index in [2.05, 4.69) is 15.9 Å². The molecule has 0 atom stereocenters. The summed E-state index contributed by atoms with van der Waals surface area (Å²) in [5, 5.41) is 0. The van der Waals surface area contributed by atoms with Gasteiger partial charge in [0.05, 0.1) is 19.2 Å². The van der Waals surface area contributed by atoms with Crippen LogP contribution in [0.5, 0.6) is 5.75 Å². The second-order valence-corrected chi connectivity index (χ2v) is 3.96. The van der Waals surface area contributed by atoms with Gasteiger partial charge in [0.15, 0.2) is 0 Å². The van der Waals surface area contributed by atoms with Crippen LogP contribution in [0.1, 0.15) is 12.0 Å². The predicted molar refractivity (Wildman–Crippen MR) is 59.8 cm³/mol. The number of ether oxygens (including phenoxy) is 1. The van der Waals surface area contributed by atoms with Crippen LogP contribution in [0.4, 0.5) is 4.39 Å². The molecule has 14 heavy (non-hydrogen) atoms. The summed E-state index contributed by atoms with van der Waals surface area (Å²) in [7, 11) is 0. The van der Waals surface area contributed by atoms with E-state index in [-0.39, 0.29) is 6.67 Å². The second kappa shape index (κ2) is 6.25. The van der Waals surface area contributed by atoms with Crippen molar-refractivity contribution in [1.29, 1.82) is 0 Å². The topological polar surface area (TPSA) is 9.23 Å². The van der Waals surface area contributed by atoms with E-state index < -0.39 is 0 Å². The minimum absolute atomic E-state index is 0.354. The lowest BCUT2D eigenvalue weighted by molar-refractivity contribution is 0.288. The fourth-order valence-electron chi connectivity index (χ4n) is 1.03. The van der Waals surface area contributed by atoms with E-state index in [1.165, 1.54) is 0 Å². The maximum absolute atomic E-state index is 11.8. The van der Waals surface area contributed by atoms with Crippen LogP contribution in [0.2, 0.25) is 0 Å². The van der Waals surface area contributed by atoms with Crippen molar-refractivity contribution in [3.05, 3.63) is 28.2 Å². The van der Waals surface area contributed by atoms with Crippen LogP contribution < -0.4 is 4.74 Å². The molecule has 1 rings (SSSR count). The highest BCUT2D eigenvalue weighted by molar-refractivity contribution is 9.10. The first-order valence-corrected chi connectivity index (χ1v) is 5.64. The van der Waals surface area contributed by atoms with Crippen LogP contribution >= 0.6 is 27.5 Å². The summed E-state index contributed by atoms with van der Waals surface area (Å²) in [6.45, 7) is 0.0365. The minimum Gasteiger partial charge on any atom is -0.493 e. The molecule has 0 bridgehead atoms. The molecular formula is C10H11BrClFO. The molecule has 0 amide bonds. The van der Waals surface area contributed by atoms with Gasteiger partial charge in [0.25, 0.3) is 0 Å². The van der Waals surface area contributed by atoms with Crippen LogP contribution in [0, 0.1) is 0 Å². The molecule has 1 aromatic rings. The molecule has 0 fully saturated rings. The van der Waals surface area contributed by atoms with E-state index in [1.807, 2.05) is 18.2 Å². The molecule has 0 saturated carbocycles. The summed E-state index contributed by atoms with van der Waals surface area (Å²) in [5.74, 6) is 1.13. The molecule has 0 N–H and O–H groups in total. The Kier molecular flexibility index (Phi) is 5.26. The fourth-order valence-corrected chi connectivity index (χ4v) is 1.65. The van der Waals surface area contributed by atoms with Gasteiger partial charge in [-0.1, -0.05) is 15.9 Å². The number of benzene rings is 1. The molecule has 0 spiro atoms. The third kappa shape index (κ3) is 3.46. The zero-order valence-electron chi connectivity index (χ0n) is 7.60. The maximum Gasteiger partial charge on any atom is 0.123 e. The predicted octanol–water partition coefficient (Wildman–Crippen LogP) is 3.93. The first kappa shape index (κ1) is 11.8. The molecule has 0 radical (unpaired) electrons.